The van der Waals surface area contributed by atoms with Crippen molar-refractivity contribution in [3.8, 4) is 78.4 Å². The fourth-order valence-electron chi connectivity index (χ4n) is 9.27. The average molecular weight is 820 g/mol. The zero-order valence-electron chi connectivity index (χ0n) is 35.9. The van der Waals surface area contributed by atoms with Crippen LogP contribution >= 0.6 is 0 Å². The molecule has 1 aliphatic rings. The standard InChI is InChI=1S/C61H45N3/c1-61(2)56-21-13-12-20-54(56)55-39-34-50(40-57(55)61)59-41-58(48-16-8-4-9-17-48)62-60(63-59)49-28-26-45(27-29-49)47-32-37-53(38-33-47)64(51-18-10-5-11-19-51)52-35-30-46(31-36-52)44-24-22-43(23-25-44)42-14-6-3-7-15-42/h3-41H,1-2H3. The molecule has 1 aliphatic carbocycles. The van der Waals surface area contributed by atoms with Gasteiger partial charge in [-0.25, -0.2) is 9.97 Å². The maximum Gasteiger partial charge on any atom is 0.160 e. The van der Waals surface area contributed by atoms with Crippen molar-refractivity contribution in [2.24, 2.45) is 0 Å². The highest BCUT2D eigenvalue weighted by atomic mass is 15.1. The van der Waals surface area contributed by atoms with E-state index in [1.165, 1.54) is 44.5 Å². The van der Waals surface area contributed by atoms with Crippen LogP contribution in [0, 0.1) is 0 Å². The Kier molecular flexibility index (Phi) is 9.86. The summed E-state index contributed by atoms with van der Waals surface area (Å²) in [5.74, 6) is 0.704. The van der Waals surface area contributed by atoms with Gasteiger partial charge in [0.05, 0.1) is 11.4 Å². The van der Waals surface area contributed by atoms with Gasteiger partial charge in [0.1, 0.15) is 0 Å². The summed E-state index contributed by atoms with van der Waals surface area (Å²) >= 11 is 0. The monoisotopic (exact) mass is 819 g/mol. The van der Waals surface area contributed by atoms with Gasteiger partial charge in [-0.05, 0) is 104 Å². The summed E-state index contributed by atoms with van der Waals surface area (Å²) in [5, 5.41) is 0. The van der Waals surface area contributed by atoms with Crippen molar-refractivity contribution in [2.75, 3.05) is 4.90 Å². The molecule has 9 aromatic carbocycles. The first-order valence-corrected chi connectivity index (χ1v) is 22.0. The number of fused-ring (bicyclic) bond motifs is 3. The van der Waals surface area contributed by atoms with E-state index >= 15 is 0 Å². The van der Waals surface area contributed by atoms with Crippen molar-refractivity contribution in [3.05, 3.63) is 248 Å². The maximum atomic E-state index is 5.23. The Balaban J connectivity index is 0.879. The fraction of sp³-hybridized carbons (Fsp3) is 0.0492. The highest BCUT2D eigenvalue weighted by Crippen LogP contribution is 2.49. The number of anilines is 3. The Labute approximate surface area is 375 Å². The van der Waals surface area contributed by atoms with E-state index in [2.05, 4.69) is 249 Å². The number of hydrogen-bond acceptors (Lipinski definition) is 3. The van der Waals surface area contributed by atoms with Crippen LogP contribution in [0.3, 0.4) is 0 Å². The van der Waals surface area contributed by atoms with Gasteiger partial charge in [-0.15, -0.1) is 0 Å². The minimum absolute atomic E-state index is 0.100. The predicted octanol–water partition coefficient (Wildman–Crippen LogP) is 16.3. The summed E-state index contributed by atoms with van der Waals surface area (Å²) < 4.78 is 0. The van der Waals surface area contributed by atoms with Crippen LogP contribution in [-0.4, -0.2) is 9.97 Å². The molecule has 0 radical (unpaired) electrons. The smallest absolute Gasteiger partial charge is 0.160 e. The predicted molar refractivity (Wildman–Crippen MR) is 267 cm³/mol. The van der Waals surface area contributed by atoms with Gasteiger partial charge in [0.2, 0.25) is 0 Å². The van der Waals surface area contributed by atoms with E-state index in [9.17, 15) is 0 Å². The average Bonchev–Trinajstić information content (AvgIpc) is 3.60. The van der Waals surface area contributed by atoms with Gasteiger partial charge in [0.25, 0.3) is 0 Å². The molecule has 0 fully saturated rings. The highest BCUT2D eigenvalue weighted by Gasteiger charge is 2.35. The molecular formula is C61H45N3. The van der Waals surface area contributed by atoms with Gasteiger partial charge in [-0.2, -0.15) is 0 Å². The third-order valence-electron chi connectivity index (χ3n) is 12.7. The summed E-state index contributed by atoms with van der Waals surface area (Å²) in [6.45, 7) is 4.64. The first-order chi connectivity index (χ1) is 31.5. The second-order valence-electron chi connectivity index (χ2n) is 17.0. The molecule has 64 heavy (non-hydrogen) atoms. The van der Waals surface area contributed by atoms with Crippen molar-refractivity contribution in [1.82, 2.24) is 9.97 Å². The van der Waals surface area contributed by atoms with Crippen LogP contribution in [0.2, 0.25) is 0 Å². The summed E-state index contributed by atoms with van der Waals surface area (Å²) in [6, 6.07) is 84.4. The molecule has 1 aromatic heterocycles. The number of rotatable bonds is 9. The minimum Gasteiger partial charge on any atom is -0.311 e. The van der Waals surface area contributed by atoms with Gasteiger partial charge < -0.3 is 4.90 Å². The number of aromatic nitrogens is 2. The molecule has 0 spiro atoms. The lowest BCUT2D eigenvalue weighted by Gasteiger charge is -2.26. The molecule has 11 rings (SSSR count). The second-order valence-corrected chi connectivity index (χ2v) is 17.0. The second kappa shape index (κ2) is 16.3. The van der Waals surface area contributed by atoms with E-state index in [0.29, 0.717) is 5.82 Å². The van der Waals surface area contributed by atoms with Gasteiger partial charge >= 0.3 is 0 Å². The topological polar surface area (TPSA) is 29.0 Å². The molecule has 10 aromatic rings. The first-order valence-electron chi connectivity index (χ1n) is 22.0. The summed E-state index contributed by atoms with van der Waals surface area (Å²) in [6.07, 6.45) is 0. The van der Waals surface area contributed by atoms with E-state index in [4.69, 9.17) is 9.97 Å². The van der Waals surface area contributed by atoms with Crippen molar-refractivity contribution in [3.63, 3.8) is 0 Å². The van der Waals surface area contributed by atoms with Gasteiger partial charge in [-0.1, -0.05) is 202 Å². The molecule has 0 saturated carbocycles. The molecule has 1 heterocycles. The fourth-order valence-corrected chi connectivity index (χ4v) is 9.27. The molecule has 0 amide bonds. The normalized spacial score (nSPS) is 12.3. The van der Waals surface area contributed by atoms with Crippen LogP contribution in [0.1, 0.15) is 25.0 Å². The highest BCUT2D eigenvalue weighted by molar-refractivity contribution is 5.85. The van der Waals surface area contributed by atoms with E-state index < -0.39 is 0 Å². The summed E-state index contributed by atoms with van der Waals surface area (Å²) in [4.78, 5) is 12.7. The summed E-state index contributed by atoms with van der Waals surface area (Å²) in [7, 11) is 0. The van der Waals surface area contributed by atoms with Crippen LogP contribution < -0.4 is 4.90 Å². The first kappa shape index (κ1) is 38.8. The number of nitrogens with zero attached hydrogens (tertiary/aromatic N) is 3. The van der Waals surface area contributed by atoms with Crippen LogP contribution in [0.25, 0.3) is 78.4 Å². The van der Waals surface area contributed by atoms with Crippen molar-refractivity contribution in [2.45, 2.75) is 19.3 Å². The Morgan fingerprint density at radius 2 is 0.672 bits per heavy atom. The molecule has 0 N–H and O–H groups in total. The van der Waals surface area contributed by atoms with Crippen LogP contribution in [0.5, 0.6) is 0 Å². The minimum atomic E-state index is -0.100. The zero-order valence-corrected chi connectivity index (χ0v) is 35.9. The quantitative estimate of drug-likeness (QED) is 0.145. The van der Waals surface area contributed by atoms with E-state index in [-0.39, 0.29) is 5.41 Å². The van der Waals surface area contributed by atoms with Crippen molar-refractivity contribution < 1.29 is 0 Å². The molecule has 3 nitrogen and oxygen atoms in total. The number of hydrogen-bond donors (Lipinski definition) is 0. The summed E-state index contributed by atoms with van der Waals surface area (Å²) in [5.41, 5.74) is 20.5. The lowest BCUT2D eigenvalue weighted by molar-refractivity contribution is 0.660. The third-order valence-corrected chi connectivity index (χ3v) is 12.7. The lowest BCUT2D eigenvalue weighted by Crippen LogP contribution is -2.14. The molecular weight excluding hydrogens is 775 g/mol. The van der Waals surface area contributed by atoms with Crippen molar-refractivity contribution in [1.29, 1.82) is 0 Å². The molecule has 304 valence electrons. The molecule has 0 saturated heterocycles. The Bertz CT molecular complexity index is 3230. The van der Waals surface area contributed by atoms with Crippen molar-refractivity contribution >= 4 is 17.1 Å². The lowest BCUT2D eigenvalue weighted by atomic mass is 9.82. The molecule has 0 aliphatic heterocycles. The van der Waals surface area contributed by atoms with Crippen LogP contribution in [-0.2, 0) is 5.41 Å². The van der Waals surface area contributed by atoms with E-state index in [1.54, 1.807) is 0 Å². The largest absolute Gasteiger partial charge is 0.311 e. The molecule has 0 bridgehead atoms. The molecule has 3 heteroatoms. The zero-order chi connectivity index (χ0) is 43.0. The van der Waals surface area contributed by atoms with Gasteiger partial charge in [-0.3, -0.25) is 0 Å². The van der Waals surface area contributed by atoms with Crippen LogP contribution in [0.4, 0.5) is 17.1 Å². The number of benzene rings is 9. The SMILES string of the molecule is CC1(C)c2ccccc2-c2ccc(-c3cc(-c4ccccc4)nc(-c4ccc(-c5ccc(N(c6ccccc6)c6ccc(-c7ccc(-c8ccccc8)cc7)cc6)cc5)cc4)n3)cc21. The molecule has 0 atom stereocenters. The molecule has 0 unspecified atom stereocenters. The Morgan fingerprint density at radius 1 is 0.297 bits per heavy atom. The Morgan fingerprint density at radius 3 is 1.22 bits per heavy atom. The van der Waals surface area contributed by atoms with Gasteiger partial charge in [0.15, 0.2) is 5.82 Å². The maximum absolute atomic E-state index is 5.23. The Hall–Kier alpha value is -8.14. The van der Waals surface area contributed by atoms with Gasteiger partial charge in [0, 0.05) is 39.2 Å². The van der Waals surface area contributed by atoms with Crippen LogP contribution in [0.15, 0.2) is 237 Å². The number of para-hydroxylation sites is 1. The third kappa shape index (κ3) is 7.27. The van der Waals surface area contributed by atoms with E-state index in [1.807, 2.05) is 6.07 Å². The van der Waals surface area contributed by atoms with E-state index in [0.717, 1.165) is 56.3 Å².